The Bertz CT molecular complexity index is 457. The molecule has 0 spiro atoms. The molecule has 0 bridgehead atoms. The van der Waals surface area contributed by atoms with Crippen LogP contribution < -0.4 is 5.73 Å². The summed E-state index contributed by atoms with van der Waals surface area (Å²) in [5.74, 6) is 5.24. The zero-order valence-corrected chi connectivity index (χ0v) is 11.2. The third kappa shape index (κ3) is 4.87. The fourth-order valence-corrected chi connectivity index (χ4v) is 1.34. The van der Waals surface area contributed by atoms with Crippen molar-refractivity contribution in [3.8, 4) is 11.8 Å². The molecule has 1 aromatic rings. The van der Waals surface area contributed by atoms with Crippen molar-refractivity contribution < 1.29 is 9.13 Å². The molecular formula is C15H20FNO. The Kier molecular flexibility index (Phi) is 5.33. The van der Waals surface area contributed by atoms with Gasteiger partial charge in [-0.25, -0.2) is 4.39 Å². The van der Waals surface area contributed by atoms with E-state index in [1.807, 2.05) is 19.9 Å². The third-order valence-electron chi connectivity index (χ3n) is 2.77. The topological polar surface area (TPSA) is 35.2 Å². The van der Waals surface area contributed by atoms with Crippen molar-refractivity contribution in [2.24, 2.45) is 5.73 Å². The highest BCUT2D eigenvalue weighted by Crippen LogP contribution is 2.17. The molecular weight excluding hydrogens is 229 g/mol. The molecule has 0 aromatic heterocycles. The lowest BCUT2D eigenvalue weighted by Gasteiger charge is -2.23. The average Bonchev–Trinajstić information content (AvgIpc) is 2.33. The lowest BCUT2D eigenvalue weighted by molar-refractivity contribution is -0.0317. The van der Waals surface area contributed by atoms with E-state index in [9.17, 15) is 4.39 Å². The van der Waals surface area contributed by atoms with Crippen molar-refractivity contribution in [1.29, 1.82) is 0 Å². The predicted molar refractivity (Wildman–Crippen MR) is 71.5 cm³/mol. The van der Waals surface area contributed by atoms with E-state index in [0.29, 0.717) is 12.2 Å². The van der Waals surface area contributed by atoms with Gasteiger partial charge in [0, 0.05) is 5.56 Å². The summed E-state index contributed by atoms with van der Waals surface area (Å²) < 4.78 is 19.1. The van der Waals surface area contributed by atoms with Crippen LogP contribution in [0, 0.1) is 17.7 Å². The van der Waals surface area contributed by atoms with Crippen molar-refractivity contribution in [3.05, 3.63) is 35.1 Å². The van der Waals surface area contributed by atoms with Crippen molar-refractivity contribution in [2.45, 2.75) is 39.4 Å². The standard InChI is InChI=1S/C15H20FNO/c1-4-15(2,3)18-11-13-8-12(6-5-7-17)9-14(16)10-13/h8-10H,4,7,11,17H2,1-3H3. The van der Waals surface area contributed by atoms with E-state index in [1.54, 1.807) is 0 Å². The Hall–Kier alpha value is -1.37. The van der Waals surface area contributed by atoms with Gasteiger partial charge in [-0.05, 0) is 44.0 Å². The number of nitrogens with two attached hydrogens (primary N) is 1. The Morgan fingerprint density at radius 3 is 2.67 bits per heavy atom. The minimum atomic E-state index is -0.299. The Balaban J connectivity index is 2.80. The number of hydrogen-bond acceptors (Lipinski definition) is 2. The second kappa shape index (κ2) is 6.53. The van der Waals surface area contributed by atoms with Gasteiger partial charge in [-0.2, -0.15) is 0 Å². The maximum atomic E-state index is 13.4. The number of halogens is 1. The smallest absolute Gasteiger partial charge is 0.124 e. The molecule has 0 aliphatic carbocycles. The first-order valence-electron chi connectivity index (χ1n) is 6.09. The van der Waals surface area contributed by atoms with Gasteiger partial charge in [0.25, 0.3) is 0 Å². The van der Waals surface area contributed by atoms with E-state index in [1.165, 1.54) is 12.1 Å². The fraction of sp³-hybridized carbons (Fsp3) is 0.467. The zero-order chi connectivity index (χ0) is 13.6. The second-order valence-electron chi connectivity index (χ2n) is 4.76. The van der Waals surface area contributed by atoms with Gasteiger partial charge in [0.05, 0.1) is 18.8 Å². The van der Waals surface area contributed by atoms with E-state index in [2.05, 4.69) is 18.8 Å². The molecule has 0 amide bonds. The van der Waals surface area contributed by atoms with Crippen LogP contribution in [-0.4, -0.2) is 12.1 Å². The normalized spacial score (nSPS) is 10.9. The van der Waals surface area contributed by atoms with E-state index in [-0.39, 0.29) is 18.0 Å². The quantitative estimate of drug-likeness (QED) is 0.833. The van der Waals surface area contributed by atoms with Crippen LogP contribution >= 0.6 is 0 Å². The molecule has 1 rings (SSSR count). The average molecular weight is 249 g/mol. The van der Waals surface area contributed by atoms with Gasteiger partial charge in [-0.15, -0.1) is 0 Å². The van der Waals surface area contributed by atoms with Crippen LogP contribution in [0.4, 0.5) is 4.39 Å². The molecule has 0 saturated carbocycles. The van der Waals surface area contributed by atoms with Crippen molar-refractivity contribution in [2.75, 3.05) is 6.54 Å². The molecule has 0 aliphatic heterocycles. The van der Waals surface area contributed by atoms with E-state index >= 15 is 0 Å². The minimum absolute atomic E-state index is 0.199. The molecule has 2 nitrogen and oxygen atoms in total. The summed E-state index contributed by atoms with van der Waals surface area (Å²) >= 11 is 0. The zero-order valence-electron chi connectivity index (χ0n) is 11.2. The maximum Gasteiger partial charge on any atom is 0.124 e. The highest BCUT2D eigenvalue weighted by Gasteiger charge is 2.15. The first-order valence-corrected chi connectivity index (χ1v) is 6.09. The van der Waals surface area contributed by atoms with Crippen LogP contribution in [0.1, 0.15) is 38.3 Å². The van der Waals surface area contributed by atoms with Gasteiger partial charge in [-0.1, -0.05) is 18.8 Å². The molecule has 0 radical (unpaired) electrons. The first kappa shape index (κ1) is 14.7. The lowest BCUT2D eigenvalue weighted by atomic mass is 10.1. The minimum Gasteiger partial charge on any atom is -0.371 e. The number of benzene rings is 1. The molecule has 2 N–H and O–H groups in total. The van der Waals surface area contributed by atoms with Gasteiger partial charge in [0.1, 0.15) is 5.82 Å². The molecule has 3 heteroatoms. The van der Waals surface area contributed by atoms with Crippen molar-refractivity contribution in [3.63, 3.8) is 0 Å². The summed E-state index contributed by atoms with van der Waals surface area (Å²) in [5.41, 5.74) is 6.52. The SMILES string of the molecule is CCC(C)(C)OCc1cc(F)cc(C#CCN)c1. The molecule has 1 aromatic carbocycles. The summed E-state index contributed by atoms with van der Waals surface area (Å²) in [6, 6.07) is 4.70. The fourth-order valence-electron chi connectivity index (χ4n) is 1.34. The lowest BCUT2D eigenvalue weighted by Crippen LogP contribution is -2.22. The van der Waals surface area contributed by atoms with Gasteiger partial charge >= 0.3 is 0 Å². The van der Waals surface area contributed by atoms with Crippen LogP contribution in [0.2, 0.25) is 0 Å². The highest BCUT2D eigenvalue weighted by molar-refractivity contribution is 5.37. The number of rotatable bonds is 4. The Morgan fingerprint density at radius 1 is 1.33 bits per heavy atom. The molecule has 18 heavy (non-hydrogen) atoms. The summed E-state index contributed by atoms with van der Waals surface area (Å²) in [7, 11) is 0. The van der Waals surface area contributed by atoms with Crippen LogP contribution in [0.5, 0.6) is 0 Å². The van der Waals surface area contributed by atoms with Crippen LogP contribution in [0.3, 0.4) is 0 Å². The van der Waals surface area contributed by atoms with Crippen LogP contribution in [-0.2, 0) is 11.3 Å². The molecule has 0 unspecified atom stereocenters. The van der Waals surface area contributed by atoms with E-state index < -0.39 is 0 Å². The summed E-state index contributed by atoms with van der Waals surface area (Å²) in [5, 5.41) is 0. The molecule has 0 atom stereocenters. The summed E-state index contributed by atoms with van der Waals surface area (Å²) in [6.45, 7) is 6.74. The molecule has 0 aliphatic rings. The van der Waals surface area contributed by atoms with Crippen molar-refractivity contribution >= 4 is 0 Å². The molecule has 0 fully saturated rings. The van der Waals surface area contributed by atoms with Gasteiger partial charge < -0.3 is 10.5 Å². The number of ether oxygens (including phenoxy) is 1. The van der Waals surface area contributed by atoms with E-state index in [4.69, 9.17) is 10.5 Å². The predicted octanol–water partition coefficient (Wildman–Crippen LogP) is 2.84. The maximum absolute atomic E-state index is 13.4. The molecule has 0 heterocycles. The summed E-state index contributed by atoms with van der Waals surface area (Å²) in [4.78, 5) is 0. The van der Waals surface area contributed by atoms with Gasteiger partial charge in [0.15, 0.2) is 0 Å². The van der Waals surface area contributed by atoms with Crippen LogP contribution in [0.15, 0.2) is 18.2 Å². The largest absolute Gasteiger partial charge is 0.371 e. The van der Waals surface area contributed by atoms with Gasteiger partial charge in [-0.3, -0.25) is 0 Å². The van der Waals surface area contributed by atoms with Crippen LogP contribution in [0.25, 0.3) is 0 Å². The first-order chi connectivity index (χ1) is 8.46. The Morgan fingerprint density at radius 2 is 2.06 bits per heavy atom. The number of hydrogen-bond donors (Lipinski definition) is 1. The second-order valence-corrected chi connectivity index (χ2v) is 4.76. The third-order valence-corrected chi connectivity index (χ3v) is 2.77. The highest BCUT2D eigenvalue weighted by atomic mass is 19.1. The van der Waals surface area contributed by atoms with Gasteiger partial charge in [0.2, 0.25) is 0 Å². The summed E-state index contributed by atoms with van der Waals surface area (Å²) in [6.07, 6.45) is 0.905. The molecule has 98 valence electrons. The van der Waals surface area contributed by atoms with Crippen molar-refractivity contribution in [1.82, 2.24) is 0 Å². The molecule has 0 saturated heterocycles. The Labute approximate surface area is 108 Å². The monoisotopic (exact) mass is 249 g/mol. The van der Waals surface area contributed by atoms with E-state index in [0.717, 1.165) is 12.0 Å².